The second-order valence-corrected chi connectivity index (χ2v) is 4.82. The zero-order chi connectivity index (χ0) is 11.4. The quantitative estimate of drug-likeness (QED) is 0.815. The van der Waals surface area contributed by atoms with Crippen LogP contribution in [0.1, 0.15) is 0 Å². The Morgan fingerprint density at radius 1 is 0.750 bits per heavy atom. The second kappa shape index (κ2) is 4.47. The van der Waals surface area contributed by atoms with Crippen molar-refractivity contribution in [2.24, 2.45) is 0 Å². The van der Waals surface area contributed by atoms with Crippen LogP contribution in [0.25, 0.3) is 0 Å². The highest BCUT2D eigenvalue weighted by Gasteiger charge is 2.30. The van der Waals surface area contributed by atoms with Crippen LogP contribution in [0.3, 0.4) is 0 Å². The van der Waals surface area contributed by atoms with Crippen molar-refractivity contribution in [3.63, 3.8) is 0 Å². The van der Waals surface area contributed by atoms with Crippen LogP contribution < -0.4 is 4.72 Å². The summed E-state index contributed by atoms with van der Waals surface area (Å²) in [6.07, 6.45) is 0. The van der Waals surface area contributed by atoms with Crippen LogP contribution >= 0.6 is 0 Å². The number of hydrogen-bond acceptors (Lipinski definition) is 2. The highest BCUT2D eigenvalue weighted by Crippen LogP contribution is 2.14. The minimum atomic E-state index is -3.59. The van der Waals surface area contributed by atoms with Gasteiger partial charge in [0.05, 0.1) is 0 Å². The first-order chi connectivity index (χ1) is 7.68. The largest absolute Gasteiger partial charge is 0.434 e. The topological polar surface area (TPSA) is 48.2 Å². The second-order valence-electron chi connectivity index (χ2n) is 3.21. The van der Waals surface area contributed by atoms with Crippen LogP contribution in [0.2, 0.25) is 0 Å². The summed E-state index contributed by atoms with van der Waals surface area (Å²) in [6.45, 7) is 0. The lowest BCUT2D eigenvalue weighted by Crippen LogP contribution is -2.11. The van der Waals surface area contributed by atoms with Gasteiger partial charge in [0.1, 0.15) is 4.90 Å². The number of benzene rings is 2. The van der Waals surface area contributed by atoms with Gasteiger partial charge in [0.15, 0.2) is 0 Å². The molecule has 0 unspecified atom stereocenters. The van der Waals surface area contributed by atoms with Gasteiger partial charge in [0.2, 0.25) is 4.72 Å². The Bertz CT molecular complexity index is 550. The van der Waals surface area contributed by atoms with E-state index in [4.69, 9.17) is 0 Å². The van der Waals surface area contributed by atoms with Gasteiger partial charge in [-0.25, -0.2) is 0 Å². The van der Waals surface area contributed by atoms with Gasteiger partial charge in [-0.15, -0.1) is 0 Å². The Balaban J connectivity index is 2.29. The first-order valence-electron chi connectivity index (χ1n) is 4.77. The standard InChI is InChI=1S/C12H10NO2S/c14-16(15,12-9-5-2-6-10-12)13-11-7-3-1-4-8-11/h1-10H/q+1. The van der Waals surface area contributed by atoms with E-state index < -0.39 is 10.0 Å². The molecule has 0 aliphatic heterocycles. The fraction of sp³-hybridized carbons (Fsp3) is 0. The molecule has 0 N–H and O–H groups in total. The first kappa shape index (κ1) is 10.9. The predicted molar refractivity (Wildman–Crippen MR) is 61.9 cm³/mol. The molecule has 3 nitrogen and oxygen atoms in total. The summed E-state index contributed by atoms with van der Waals surface area (Å²) in [5.41, 5.74) is 0.436. The highest BCUT2D eigenvalue weighted by molar-refractivity contribution is 7.89. The van der Waals surface area contributed by atoms with Crippen LogP contribution in [0.4, 0.5) is 5.69 Å². The molecule has 0 spiro atoms. The average molecular weight is 232 g/mol. The molecule has 0 fully saturated rings. The van der Waals surface area contributed by atoms with E-state index in [9.17, 15) is 8.42 Å². The van der Waals surface area contributed by atoms with Crippen LogP contribution in [-0.4, -0.2) is 8.42 Å². The Labute approximate surface area is 94.8 Å². The Kier molecular flexibility index (Phi) is 3.03. The Hall–Kier alpha value is -1.65. The third kappa shape index (κ3) is 2.48. The lowest BCUT2D eigenvalue weighted by molar-refractivity contribution is 0.590. The van der Waals surface area contributed by atoms with Gasteiger partial charge >= 0.3 is 10.0 Å². The molecule has 0 saturated carbocycles. The molecule has 0 aliphatic carbocycles. The number of sulfonamides is 1. The summed E-state index contributed by atoms with van der Waals surface area (Å²) >= 11 is 0. The Morgan fingerprint density at radius 2 is 1.25 bits per heavy atom. The van der Waals surface area contributed by atoms with E-state index in [1.54, 1.807) is 42.5 Å². The maximum atomic E-state index is 11.8. The predicted octanol–water partition coefficient (Wildman–Crippen LogP) is 2.31. The molecule has 0 saturated heterocycles. The van der Waals surface area contributed by atoms with Crippen LogP contribution in [-0.2, 0) is 10.0 Å². The summed E-state index contributed by atoms with van der Waals surface area (Å²) in [7, 11) is -3.59. The molecule has 4 heteroatoms. The van der Waals surface area contributed by atoms with Crippen molar-refractivity contribution in [2.75, 3.05) is 0 Å². The molecule has 0 heterocycles. The third-order valence-corrected chi connectivity index (χ3v) is 3.34. The fourth-order valence-corrected chi connectivity index (χ4v) is 2.28. The van der Waals surface area contributed by atoms with Crippen molar-refractivity contribution in [1.29, 1.82) is 0 Å². The van der Waals surface area contributed by atoms with Crippen molar-refractivity contribution >= 4 is 15.7 Å². The molecule has 2 aromatic carbocycles. The normalized spacial score (nSPS) is 11.2. The summed E-state index contributed by atoms with van der Waals surface area (Å²) in [6, 6.07) is 16.8. The van der Waals surface area contributed by atoms with E-state index in [1.165, 1.54) is 12.1 Å². The van der Waals surface area contributed by atoms with Gasteiger partial charge in [-0.1, -0.05) is 36.4 Å². The van der Waals surface area contributed by atoms with Crippen molar-refractivity contribution in [1.82, 2.24) is 4.72 Å². The summed E-state index contributed by atoms with van der Waals surface area (Å²) in [5, 5.41) is 0. The maximum Gasteiger partial charge on any atom is 0.434 e. The van der Waals surface area contributed by atoms with E-state index in [2.05, 4.69) is 4.72 Å². The van der Waals surface area contributed by atoms with Gasteiger partial charge in [0, 0.05) is 12.1 Å². The SMILES string of the molecule is O=S(=O)([N+]c1ccccc1)c1ccccc1. The molecular weight excluding hydrogens is 222 g/mol. The van der Waals surface area contributed by atoms with E-state index in [0.717, 1.165) is 0 Å². The lowest BCUT2D eigenvalue weighted by atomic mass is 10.3. The summed E-state index contributed by atoms with van der Waals surface area (Å²) in [4.78, 5) is 0.207. The van der Waals surface area contributed by atoms with Crippen molar-refractivity contribution in [3.8, 4) is 0 Å². The monoisotopic (exact) mass is 232 g/mol. The van der Waals surface area contributed by atoms with E-state index in [-0.39, 0.29) is 4.90 Å². The molecule has 16 heavy (non-hydrogen) atoms. The van der Waals surface area contributed by atoms with E-state index in [1.807, 2.05) is 6.07 Å². The smallest absolute Gasteiger partial charge is 0.157 e. The number of nitrogens with zero attached hydrogens (tertiary/aromatic N) is 1. The molecule has 0 aromatic heterocycles. The van der Waals surface area contributed by atoms with Crippen molar-refractivity contribution in [2.45, 2.75) is 4.90 Å². The average Bonchev–Trinajstić information content (AvgIpc) is 2.31. The molecule has 2 radical (unpaired) electrons. The number of rotatable bonds is 3. The maximum absolute atomic E-state index is 11.8. The molecule has 0 atom stereocenters. The molecule has 80 valence electrons. The van der Waals surface area contributed by atoms with Crippen molar-refractivity contribution < 1.29 is 8.42 Å². The third-order valence-electron chi connectivity index (χ3n) is 2.02. The van der Waals surface area contributed by atoms with Crippen LogP contribution in [0, 0.1) is 0 Å². The van der Waals surface area contributed by atoms with Gasteiger partial charge in [-0.3, -0.25) is 0 Å². The minimum Gasteiger partial charge on any atom is -0.157 e. The van der Waals surface area contributed by atoms with Crippen molar-refractivity contribution in [3.05, 3.63) is 60.7 Å². The highest BCUT2D eigenvalue weighted by atomic mass is 32.2. The van der Waals surface area contributed by atoms with Gasteiger partial charge in [0.25, 0.3) is 5.69 Å². The van der Waals surface area contributed by atoms with Gasteiger partial charge < -0.3 is 0 Å². The molecule has 0 amide bonds. The van der Waals surface area contributed by atoms with E-state index in [0.29, 0.717) is 5.69 Å². The summed E-state index contributed by atoms with van der Waals surface area (Å²) < 4.78 is 27.4. The zero-order valence-corrected chi connectivity index (χ0v) is 9.26. The molecular formula is C12H10NO2S+. The lowest BCUT2D eigenvalue weighted by Gasteiger charge is -1.91. The molecule has 2 aromatic rings. The van der Waals surface area contributed by atoms with Crippen LogP contribution in [0.5, 0.6) is 0 Å². The summed E-state index contributed by atoms with van der Waals surface area (Å²) in [5.74, 6) is 0. The van der Waals surface area contributed by atoms with Gasteiger partial charge in [-0.2, -0.15) is 8.42 Å². The Morgan fingerprint density at radius 3 is 1.81 bits per heavy atom. The zero-order valence-electron chi connectivity index (χ0n) is 8.45. The van der Waals surface area contributed by atoms with Crippen LogP contribution in [0.15, 0.2) is 65.6 Å². The van der Waals surface area contributed by atoms with Gasteiger partial charge in [-0.05, 0) is 12.1 Å². The molecule has 2 rings (SSSR count). The number of hydrogen-bond donors (Lipinski definition) is 0. The molecule has 0 bridgehead atoms. The first-order valence-corrected chi connectivity index (χ1v) is 6.21. The van der Waals surface area contributed by atoms with E-state index >= 15 is 0 Å². The minimum absolute atomic E-state index is 0.207. The molecule has 0 aliphatic rings. The fourth-order valence-electron chi connectivity index (χ4n) is 1.27.